The van der Waals surface area contributed by atoms with E-state index in [2.05, 4.69) is 0 Å². The van der Waals surface area contributed by atoms with Crippen molar-refractivity contribution < 1.29 is 15.0 Å². The molecular formula is C10H11ClO3. The first-order valence-electron chi connectivity index (χ1n) is 4.11. The monoisotopic (exact) mass is 214 g/mol. The number of hydrogen-bond acceptors (Lipinski definition) is 2. The largest absolute Gasteiger partial charge is 0.479 e. The molecule has 0 saturated heterocycles. The lowest BCUT2D eigenvalue weighted by Crippen LogP contribution is -2.12. The normalized spacial score (nSPS) is 12.6. The molecular weight excluding hydrogens is 204 g/mol. The quantitative estimate of drug-likeness (QED) is 0.793. The third kappa shape index (κ3) is 2.05. The average molecular weight is 215 g/mol. The lowest BCUT2D eigenvalue weighted by molar-refractivity contribution is -0.147. The van der Waals surface area contributed by atoms with E-state index in [1.807, 2.05) is 0 Å². The minimum atomic E-state index is -1.51. The second-order valence-corrected chi connectivity index (χ2v) is 3.61. The highest BCUT2D eigenvalue weighted by Crippen LogP contribution is 2.26. The molecule has 3 nitrogen and oxygen atoms in total. The van der Waals surface area contributed by atoms with Crippen molar-refractivity contribution in [3.05, 3.63) is 33.8 Å². The maximum Gasteiger partial charge on any atom is 0.337 e. The Labute approximate surface area is 86.9 Å². The molecule has 0 aromatic heterocycles. The van der Waals surface area contributed by atoms with Gasteiger partial charge in [-0.05, 0) is 36.6 Å². The first kappa shape index (κ1) is 11.0. The standard InChI is InChI=1S/C10H11ClO3/c1-5-3-7(9(12)10(13)14)6(2)8(11)4-5/h3-4,9,12H,1-2H3,(H,13,14). The van der Waals surface area contributed by atoms with E-state index in [0.29, 0.717) is 16.1 Å². The predicted octanol–water partition coefficient (Wildman–Crippen LogP) is 2.07. The molecule has 0 radical (unpaired) electrons. The number of aliphatic hydroxyl groups is 1. The number of benzene rings is 1. The van der Waals surface area contributed by atoms with Crippen LogP contribution >= 0.6 is 11.6 Å². The lowest BCUT2D eigenvalue weighted by Gasteiger charge is -2.11. The highest BCUT2D eigenvalue weighted by molar-refractivity contribution is 6.31. The van der Waals surface area contributed by atoms with Gasteiger partial charge in [-0.3, -0.25) is 0 Å². The first-order chi connectivity index (χ1) is 6.43. The molecule has 76 valence electrons. The van der Waals surface area contributed by atoms with E-state index in [1.165, 1.54) is 0 Å². The van der Waals surface area contributed by atoms with Crippen LogP contribution in [0.1, 0.15) is 22.8 Å². The lowest BCUT2D eigenvalue weighted by atomic mass is 10.0. The summed E-state index contributed by atoms with van der Waals surface area (Å²) in [5.41, 5.74) is 1.78. The first-order valence-corrected chi connectivity index (χ1v) is 4.48. The smallest absolute Gasteiger partial charge is 0.337 e. The van der Waals surface area contributed by atoms with Gasteiger partial charge in [-0.15, -0.1) is 0 Å². The van der Waals surface area contributed by atoms with Crippen LogP contribution in [0.3, 0.4) is 0 Å². The van der Waals surface area contributed by atoms with E-state index < -0.39 is 12.1 Å². The number of carboxylic acid groups (broad SMARTS) is 1. The molecule has 0 bridgehead atoms. The van der Waals surface area contributed by atoms with Crippen LogP contribution < -0.4 is 0 Å². The van der Waals surface area contributed by atoms with Crippen molar-refractivity contribution in [3.8, 4) is 0 Å². The number of hydrogen-bond donors (Lipinski definition) is 2. The van der Waals surface area contributed by atoms with E-state index in [4.69, 9.17) is 16.7 Å². The molecule has 0 aliphatic heterocycles. The predicted molar refractivity (Wildman–Crippen MR) is 53.5 cm³/mol. The zero-order valence-electron chi connectivity index (χ0n) is 7.91. The topological polar surface area (TPSA) is 57.5 Å². The Kier molecular flexibility index (Phi) is 3.13. The zero-order valence-corrected chi connectivity index (χ0v) is 8.67. The van der Waals surface area contributed by atoms with E-state index >= 15 is 0 Å². The summed E-state index contributed by atoms with van der Waals surface area (Å²) in [4.78, 5) is 10.6. The van der Waals surface area contributed by atoms with E-state index in [0.717, 1.165) is 5.56 Å². The molecule has 2 N–H and O–H groups in total. The molecule has 1 atom stereocenters. The summed E-state index contributed by atoms with van der Waals surface area (Å²) in [6.45, 7) is 3.48. The van der Waals surface area contributed by atoms with Crippen molar-refractivity contribution in [2.45, 2.75) is 20.0 Å². The fourth-order valence-electron chi connectivity index (χ4n) is 1.26. The number of carbonyl (C=O) groups is 1. The maximum atomic E-state index is 10.6. The van der Waals surface area contributed by atoms with Crippen LogP contribution in [-0.4, -0.2) is 16.2 Å². The van der Waals surface area contributed by atoms with Gasteiger partial charge in [0.1, 0.15) is 0 Å². The number of aliphatic carboxylic acids is 1. The Morgan fingerprint density at radius 2 is 2.00 bits per heavy atom. The maximum absolute atomic E-state index is 10.6. The molecule has 1 aromatic rings. The van der Waals surface area contributed by atoms with Gasteiger partial charge in [0.05, 0.1) is 0 Å². The van der Waals surface area contributed by atoms with Gasteiger partial charge in [-0.25, -0.2) is 4.79 Å². The van der Waals surface area contributed by atoms with E-state index in [1.54, 1.807) is 26.0 Å². The van der Waals surface area contributed by atoms with Crippen molar-refractivity contribution in [2.24, 2.45) is 0 Å². The van der Waals surface area contributed by atoms with Crippen LogP contribution in [0.4, 0.5) is 0 Å². The minimum absolute atomic E-state index is 0.350. The highest BCUT2D eigenvalue weighted by atomic mass is 35.5. The van der Waals surface area contributed by atoms with Gasteiger partial charge in [-0.2, -0.15) is 0 Å². The van der Waals surface area contributed by atoms with E-state index in [9.17, 15) is 9.90 Å². The summed E-state index contributed by atoms with van der Waals surface area (Å²) in [7, 11) is 0. The van der Waals surface area contributed by atoms with Crippen LogP contribution in [0.15, 0.2) is 12.1 Å². The Morgan fingerprint density at radius 3 is 2.50 bits per heavy atom. The van der Waals surface area contributed by atoms with Crippen LogP contribution in [0.25, 0.3) is 0 Å². The zero-order chi connectivity index (χ0) is 10.9. The number of rotatable bonds is 2. The van der Waals surface area contributed by atoms with Crippen LogP contribution in [0.5, 0.6) is 0 Å². The average Bonchev–Trinajstić information content (AvgIpc) is 2.09. The van der Waals surface area contributed by atoms with Gasteiger partial charge in [0.2, 0.25) is 0 Å². The highest BCUT2D eigenvalue weighted by Gasteiger charge is 2.19. The van der Waals surface area contributed by atoms with Crippen LogP contribution in [-0.2, 0) is 4.79 Å². The van der Waals surface area contributed by atoms with Crippen molar-refractivity contribution in [1.82, 2.24) is 0 Å². The van der Waals surface area contributed by atoms with Crippen molar-refractivity contribution in [2.75, 3.05) is 0 Å². The molecule has 0 aliphatic rings. The van der Waals surface area contributed by atoms with Crippen molar-refractivity contribution in [3.63, 3.8) is 0 Å². The summed E-state index contributed by atoms with van der Waals surface area (Å²) in [5, 5.41) is 18.5. The van der Waals surface area contributed by atoms with Gasteiger partial charge in [0.25, 0.3) is 0 Å². The second-order valence-electron chi connectivity index (χ2n) is 3.20. The number of aliphatic hydroxyl groups excluding tert-OH is 1. The van der Waals surface area contributed by atoms with Gasteiger partial charge < -0.3 is 10.2 Å². The number of halogens is 1. The SMILES string of the molecule is Cc1cc(Cl)c(C)c(C(O)C(=O)O)c1. The number of carboxylic acids is 1. The fraction of sp³-hybridized carbons (Fsp3) is 0.300. The Bertz CT molecular complexity index is 374. The molecule has 14 heavy (non-hydrogen) atoms. The van der Waals surface area contributed by atoms with Gasteiger partial charge in [0.15, 0.2) is 6.10 Å². The molecule has 1 unspecified atom stereocenters. The summed E-state index contributed by atoms with van der Waals surface area (Å²) in [6.07, 6.45) is -1.51. The molecule has 0 heterocycles. The summed E-state index contributed by atoms with van der Waals surface area (Å²) in [6, 6.07) is 3.36. The van der Waals surface area contributed by atoms with E-state index in [-0.39, 0.29) is 0 Å². The molecule has 0 saturated carbocycles. The Morgan fingerprint density at radius 1 is 1.43 bits per heavy atom. The minimum Gasteiger partial charge on any atom is -0.479 e. The molecule has 4 heteroatoms. The van der Waals surface area contributed by atoms with Crippen LogP contribution in [0, 0.1) is 13.8 Å². The fourth-order valence-corrected chi connectivity index (χ4v) is 1.54. The summed E-state index contributed by atoms with van der Waals surface area (Å²) >= 11 is 5.86. The Balaban J connectivity index is 3.26. The Hall–Kier alpha value is -1.06. The molecule has 0 aliphatic carbocycles. The van der Waals surface area contributed by atoms with Gasteiger partial charge in [0, 0.05) is 5.02 Å². The van der Waals surface area contributed by atoms with Gasteiger partial charge >= 0.3 is 5.97 Å². The third-order valence-electron chi connectivity index (χ3n) is 2.06. The van der Waals surface area contributed by atoms with Crippen LogP contribution in [0.2, 0.25) is 5.02 Å². The molecule has 1 aromatic carbocycles. The summed E-state index contributed by atoms with van der Waals surface area (Å²) in [5.74, 6) is -1.27. The molecule has 0 fully saturated rings. The summed E-state index contributed by atoms with van der Waals surface area (Å²) < 4.78 is 0. The molecule has 0 spiro atoms. The van der Waals surface area contributed by atoms with Gasteiger partial charge in [-0.1, -0.05) is 17.7 Å². The van der Waals surface area contributed by atoms with Crippen molar-refractivity contribution in [1.29, 1.82) is 0 Å². The number of aryl methyl sites for hydroxylation is 1. The molecule has 1 rings (SSSR count). The third-order valence-corrected chi connectivity index (χ3v) is 2.45. The molecule has 0 amide bonds. The second kappa shape index (κ2) is 3.98. The van der Waals surface area contributed by atoms with Crippen molar-refractivity contribution >= 4 is 17.6 Å².